The molecule has 3 heteroatoms. The molecule has 1 heterocycles. The van der Waals surface area contributed by atoms with Crippen LogP contribution < -0.4 is 5.32 Å². The van der Waals surface area contributed by atoms with Gasteiger partial charge in [-0.2, -0.15) is 0 Å². The molecule has 20 heavy (non-hydrogen) atoms. The van der Waals surface area contributed by atoms with Gasteiger partial charge in [0.25, 0.3) is 0 Å². The van der Waals surface area contributed by atoms with Gasteiger partial charge in [-0.25, -0.2) is 0 Å². The van der Waals surface area contributed by atoms with E-state index in [1.807, 2.05) is 11.3 Å². The van der Waals surface area contributed by atoms with Crippen molar-refractivity contribution < 1.29 is 5.11 Å². The normalized spacial score (nSPS) is 19.2. The summed E-state index contributed by atoms with van der Waals surface area (Å²) < 4.78 is 0. The van der Waals surface area contributed by atoms with Crippen LogP contribution in [0.15, 0.2) is 12.1 Å². The second-order valence-electron chi connectivity index (χ2n) is 7.34. The average Bonchev–Trinajstić information content (AvgIpc) is 2.89. The highest BCUT2D eigenvalue weighted by Gasteiger charge is 2.30. The van der Waals surface area contributed by atoms with Crippen molar-refractivity contribution in [3.63, 3.8) is 0 Å². The van der Waals surface area contributed by atoms with E-state index in [1.54, 1.807) is 0 Å². The van der Waals surface area contributed by atoms with Gasteiger partial charge >= 0.3 is 0 Å². The predicted molar refractivity (Wildman–Crippen MR) is 87.3 cm³/mol. The summed E-state index contributed by atoms with van der Waals surface area (Å²) in [5.41, 5.74) is 0.390. The molecule has 1 aromatic heterocycles. The van der Waals surface area contributed by atoms with Crippen LogP contribution in [0.1, 0.15) is 62.6 Å². The maximum Gasteiger partial charge on any atom is 0.0499 e. The van der Waals surface area contributed by atoms with Gasteiger partial charge < -0.3 is 10.4 Å². The summed E-state index contributed by atoms with van der Waals surface area (Å²) in [6, 6.07) is 4.49. The van der Waals surface area contributed by atoms with Gasteiger partial charge in [-0.3, -0.25) is 0 Å². The number of hydrogen-bond acceptors (Lipinski definition) is 3. The summed E-state index contributed by atoms with van der Waals surface area (Å²) in [5, 5.41) is 13.3. The first kappa shape index (κ1) is 16.0. The second-order valence-corrected chi connectivity index (χ2v) is 8.51. The molecule has 0 atom stereocenters. The summed E-state index contributed by atoms with van der Waals surface area (Å²) in [6.07, 6.45) is 6.23. The lowest BCUT2D eigenvalue weighted by molar-refractivity contribution is 0.0811. The number of hydrogen-bond donors (Lipinski definition) is 2. The maximum absolute atomic E-state index is 9.71. The number of thiophene rings is 1. The van der Waals surface area contributed by atoms with Crippen molar-refractivity contribution in [1.29, 1.82) is 0 Å². The van der Waals surface area contributed by atoms with Crippen molar-refractivity contribution in [2.75, 3.05) is 13.2 Å². The zero-order chi connectivity index (χ0) is 14.6. The second kappa shape index (κ2) is 6.59. The average molecular weight is 295 g/mol. The van der Waals surface area contributed by atoms with Gasteiger partial charge in [-0.15, -0.1) is 11.3 Å². The number of aliphatic hydroxyl groups is 1. The molecule has 0 amide bonds. The molecule has 0 unspecified atom stereocenters. The summed E-state index contributed by atoms with van der Waals surface area (Å²) in [6.45, 7) is 9.00. The van der Waals surface area contributed by atoms with Gasteiger partial charge in [0.05, 0.1) is 0 Å². The van der Waals surface area contributed by atoms with Gasteiger partial charge in [-0.1, -0.05) is 40.0 Å². The van der Waals surface area contributed by atoms with E-state index in [9.17, 15) is 5.11 Å². The number of aliphatic hydroxyl groups excluding tert-OH is 1. The molecule has 2 nitrogen and oxygen atoms in total. The van der Waals surface area contributed by atoms with E-state index in [1.165, 1.54) is 41.9 Å². The third-order valence-corrected chi connectivity index (χ3v) is 5.96. The maximum atomic E-state index is 9.71. The Hall–Kier alpha value is -0.380. The first-order valence-corrected chi connectivity index (χ1v) is 8.68. The van der Waals surface area contributed by atoms with E-state index in [4.69, 9.17) is 0 Å². The van der Waals surface area contributed by atoms with E-state index < -0.39 is 0 Å². The fourth-order valence-electron chi connectivity index (χ4n) is 3.02. The first-order valence-electron chi connectivity index (χ1n) is 7.86. The van der Waals surface area contributed by atoms with Crippen molar-refractivity contribution in [2.45, 2.75) is 64.8 Å². The Labute approximate surface area is 127 Å². The van der Waals surface area contributed by atoms with Crippen molar-refractivity contribution >= 4 is 11.3 Å². The molecule has 0 aromatic carbocycles. The molecule has 2 rings (SSSR count). The van der Waals surface area contributed by atoms with Gasteiger partial charge in [0.1, 0.15) is 0 Å². The third-order valence-electron chi connectivity index (χ3n) is 4.45. The van der Waals surface area contributed by atoms with Crippen LogP contribution in [-0.2, 0) is 12.0 Å². The van der Waals surface area contributed by atoms with E-state index in [0.29, 0.717) is 6.61 Å². The van der Waals surface area contributed by atoms with Crippen LogP contribution in [-0.4, -0.2) is 18.3 Å². The van der Waals surface area contributed by atoms with Gasteiger partial charge in [0, 0.05) is 34.9 Å². The van der Waals surface area contributed by atoms with Crippen LogP contribution in [0.4, 0.5) is 0 Å². The summed E-state index contributed by atoms with van der Waals surface area (Å²) >= 11 is 1.91. The fraction of sp³-hybridized carbons (Fsp3) is 0.765. The minimum atomic E-state index is 0.141. The SMILES string of the molecule is CC(C)(C)c1ccc(CNCC2(CO)CCCCC2)s1. The Bertz CT molecular complexity index is 413. The highest BCUT2D eigenvalue weighted by Crippen LogP contribution is 2.35. The van der Waals surface area contributed by atoms with Gasteiger partial charge in [0.2, 0.25) is 0 Å². The molecule has 114 valence electrons. The first-order chi connectivity index (χ1) is 9.45. The standard InChI is InChI=1S/C17H29NOS/c1-16(2,3)15-8-7-14(20-15)11-18-12-17(13-19)9-5-4-6-10-17/h7-8,18-19H,4-6,9-13H2,1-3H3. The summed E-state index contributed by atoms with van der Waals surface area (Å²) in [7, 11) is 0. The largest absolute Gasteiger partial charge is 0.396 e. The Kier molecular flexibility index (Phi) is 5.27. The number of nitrogens with one attached hydrogen (secondary N) is 1. The van der Waals surface area contributed by atoms with E-state index >= 15 is 0 Å². The minimum Gasteiger partial charge on any atom is -0.396 e. The topological polar surface area (TPSA) is 32.3 Å². The zero-order valence-corrected chi connectivity index (χ0v) is 14.0. The van der Waals surface area contributed by atoms with Crippen LogP contribution >= 0.6 is 11.3 Å². The molecule has 1 aliphatic rings. The summed E-state index contributed by atoms with van der Waals surface area (Å²) in [4.78, 5) is 2.85. The monoisotopic (exact) mass is 295 g/mol. The molecule has 2 N–H and O–H groups in total. The highest BCUT2D eigenvalue weighted by atomic mass is 32.1. The molecule has 0 aliphatic heterocycles. The van der Waals surface area contributed by atoms with Crippen LogP contribution in [0.25, 0.3) is 0 Å². The molecule has 0 spiro atoms. The van der Waals surface area contributed by atoms with Gasteiger partial charge in [0.15, 0.2) is 0 Å². The minimum absolute atomic E-state index is 0.141. The van der Waals surface area contributed by atoms with E-state index in [2.05, 4.69) is 38.2 Å². The fourth-order valence-corrected chi connectivity index (χ4v) is 4.05. The molecule has 1 aliphatic carbocycles. The van der Waals surface area contributed by atoms with Crippen molar-refractivity contribution in [3.8, 4) is 0 Å². The molecular formula is C17H29NOS. The number of rotatable bonds is 5. The van der Waals surface area contributed by atoms with E-state index in [0.717, 1.165) is 13.1 Å². The predicted octanol–water partition coefficient (Wildman–Crippen LogP) is 4.08. The molecule has 1 fully saturated rings. The van der Waals surface area contributed by atoms with Gasteiger partial charge in [-0.05, 0) is 30.4 Å². The molecule has 1 aromatic rings. The third kappa shape index (κ3) is 4.06. The molecule has 0 bridgehead atoms. The Morgan fingerprint density at radius 1 is 1.20 bits per heavy atom. The molecule has 0 radical (unpaired) electrons. The molecular weight excluding hydrogens is 266 g/mol. The van der Waals surface area contributed by atoms with Crippen LogP contribution in [0, 0.1) is 5.41 Å². The Morgan fingerprint density at radius 2 is 1.90 bits per heavy atom. The Balaban J connectivity index is 1.84. The quantitative estimate of drug-likeness (QED) is 0.858. The summed E-state index contributed by atoms with van der Waals surface area (Å²) in [5.74, 6) is 0. The van der Waals surface area contributed by atoms with Crippen molar-refractivity contribution in [1.82, 2.24) is 5.32 Å². The highest BCUT2D eigenvalue weighted by molar-refractivity contribution is 7.12. The lowest BCUT2D eigenvalue weighted by Gasteiger charge is -2.35. The lowest BCUT2D eigenvalue weighted by atomic mass is 9.74. The lowest BCUT2D eigenvalue weighted by Crippen LogP contribution is -2.38. The van der Waals surface area contributed by atoms with Crippen LogP contribution in [0.3, 0.4) is 0 Å². The van der Waals surface area contributed by atoms with E-state index in [-0.39, 0.29) is 10.8 Å². The zero-order valence-electron chi connectivity index (χ0n) is 13.2. The van der Waals surface area contributed by atoms with Crippen LogP contribution in [0.5, 0.6) is 0 Å². The smallest absolute Gasteiger partial charge is 0.0499 e. The Morgan fingerprint density at radius 3 is 2.45 bits per heavy atom. The molecule has 1 saturated carbocycles. The molecule has 0 saturated heterocycles. The van der Waals surface area contributed by atoms with Crippen molar-refractivity contribution in [2.24, 2.45) is 5.41 Å². The van der Waals surface area contributed by atoms with Crippen molar-refractivity contribution in [3.05, 3.63) is 21.9 Å². The van der Waals surface area contributed by atoms with Crippen LogP contribution in [0.2, 0.25) is 0 Å².